The van der Waals surface area contributed by atoms with Crippen molar-refractivity contribution >= 4 is 27.6 Å². The summed E-state index contributed by atoms with van der Waals surface area (Å²) >= 11 is 1.46. The number of aromatic nitrogens is 2. The summed E-state index contributed by atoms with van der Waals surface area (Å²) in [6.07, 6.45) is 3.73. The maximum atomic E-state index is 14.8. The number of amides is 1. The van der Waals surface area contributed by atoms with Gasteiger partial charge in [-0.25, -0.2) is 19.2 Å². The molecule has 3 aromatic rings. The van der Waals surface area contributed by atoms with Crippen molar-refractivity contribution < 1.29 is 23.4 Å². The second-order valence-corrected chi connectivity index (χ2v) is 10.9. The summed E-state index contributed by atoms with van der Waals surface area (Å²) in [5, 5.41) is 1.91. The van der Waals surface area contributed by atoms with Crippen LogP contribution in [0.1, 0.15) is 32.3 Å². The Balaban J connectivity index is 1.24. The average Bonchev–Trinajstić information content (AvgIpc) is 3.40. The molecular weight excluding hydrogens is 469 g/mol. The topological polar surface area (TPSA) is 73.8 Å². The molecule has 1 saturated carbocycles. The fourth-order valence-electron chi connectivity index (χ4n) is 5.02. The number of fused-ring (bicyclic) bond motifs is 3. The number of benzene rings is 1. The lowest BCUT2D eigenvalue weighted by atomic mass is 9.84. The Morgan fingerprint density at radius 3 is 2.69 bits per heavy atom. The van der Waals surface area contributed by atoms with E-state index in [4.69, 9.17) is 14.2 Å². The molecular formula is C26H28FN3O4S. The maximum absolute atomic E-state index is 14.8. The molecule has 0 radical (unpaired) electrons. The van der Waals surface area contributed by atoms with Crippen LogP contribution in [0.5, 0.6) is 5.88 Å². The van der Waals surface area contributed by atoms with E-state index in [2.05, 4.69) is 9.97 Å². The highest BCUT2D eigenvalue weighted by Gasteiger charge is 2.47. The highest BCUT2D eigenvalue weighted by molar-refractivity contribution is 7.18. The van der Waals surface area contributed by atoms with E-state index in [-0.39, 0.29) is 35.5 Å². The third kappa shape index (κ3) is 4.25. The summed E-state index contributed by atoms with van der Waals surface area (Å²) in [6, 6.07) is 5.35. The van der Waals surface area contributed by atoms with E-state index >= 15 is 0 Å². The molecule has 0 spiro atoms. The summed E-state index contributed by atoms with van der Waals surface area (Å²) in [7, 11) is 0. The molecule has 2 aromatic heterocycles. The Labute approximate surface area is 207 Å². The van der Waals surface area contributed by atoms with E-state index in [1.54, 1.807) is 11.0 Å². The second kappa shape index (κ2) is 8.71. The van der Waals surface area contributed by atoms with Gasteiger partial charge in [-0.05, 0) is 37.8 Å². The lowest BCUT2D eigenvalue weighted by molar-refractivity contribution is -0.111. The van der Waals surface area contributed by atoms with E-state index in [1.165, 1.54) is 17.7 Å². The van der Waals surface area contributed by atoms with E-state index in [0.29, 0.717) is 43.3 Å². The van der Waals surface area contributed by atoms with Crippen LogP contribution < -0.4 is 4.74 Å². The minimum Gasteiger partial charge on any atom is -0.472 e. The minimum absolute atomic E-state index is 0.0190. The van der Waals surface area contributed by atoms with Crippen LogP contribution in [-0.2, 0) is 15.9 Å². The largest absolute Gasteiger partial charge is 0.472 e. The number of halogens is 1. The highest BCUT2D eigenvalue weighted by atomic mass is 32.1. The van der Waals surface area contributed by atoms with Crippen molar-refractivity contribution in [1.82, 2.24) is 14.9 Å². The van der Waals surface area contributed by atoms with Crippen molar-refractivity contribution in [2.75, 3.05) is 26.3 Å². The average molecular weight is 498 g/mol. The van der Waals surface area contributed by atoms with Crippen LogP contribution in [0, 0.1) is 17.7 Å². The fourth-order valence-corrected chi connectivity index (χ4v) is 5.97. The number of carbonyl (C=O) groups excluding carboxylic acids is 1. The van der Waals surface area contributed by atoms with E-state index in [1.807, 2.05) is 31.4 Å². The molecule has 7 nitrogen and oxygen atoms in total. The van der Waals surface area contributed by atoms with E-state index in [9.17, 15) is 9.18 Å². The van der Waals surface area contributed by atoms with Crippen molar-refractivity contribution in [2.24, 2.45) is 11.8 Å². The predicted octanol–water partition coefficient (Wildman–Crippen LogP) is 5.07. The van der Waals surface area contributed by atoms with Gasteiger partial charge in [-0.3, -0.25) is 0 Å². The molecule has 2 bridgehead atoms. The number of aryl methyl sites for hydroxylation is 1. The SMILES string of the molecule is CCc1ccc(-c2csc3c(OC4C5COCC4CN(C(=O)OC4(C)CC4)C5)ncnc23)c(F)c1. The molecule has 2 unspecified atom stereocenters. The highest BCUT2D eigenvalue weighted by Crippen LogP contribution is 2.41. The first kappa shape index (κ1) is 22.7. The lowest BCUT2D eigenvalue weighted by Gasteiger charge is -2.46. The van der Waals surface area contributed by atoms with Gasteiger partial charge in [-0.15, -0.1) is 11.3 Å². The summed E-state index contributed by atoms with van der Waals surface area (Å²) < 4.78 is 33.6. The third-order valence-corrected chi connectivity index (χ3v) is 8.31. The van der Waals surface area contributed by atoms with E-state index < -0.39 is 0 Å². The van der Waals surface area contributed by atoms with Gasteiger partial charge in [-0.2, -0.15) is 0 Å². The number of carbonyl (C=O) groups is 1. The monoisotopic (exact) mass is 497 g/mol. The first-order valence-corrected chi connectivity index (χ1v) is 13.1. The van der Waals surface area contributed by atoms with Crippen molar-refractivity contribution in [3.63, 3.8) is 0 Å². The number of hydrogen-bond donors (Lipinski definition) is 0. The summed E-state index contributed by atoms with van der Waals surface area (Å²) in [6.45, 7) is 6.06. The van der Waals surface area contributed by atoms with Crippen LogP contribution in [0.3, 0.4) is 0 Å². The van der Waals surface area contributed by atoms with Gasteiger partial charge in [-0.1, -0.05) is 19.1 Å². The van der Waals surface area contributed by atoms with Gasteiger partial charge in [0.15, 0.2) is 0 Å². The summed E-state index contributed by atoms with van der Waals surface area (Å²) in [4.78, 5) is 23.4. The molecule has 2 atom stereocenters. The van der Waals surface area contributed by atoms with Gasteiger partial charge in [0.25, 0.3) is 0 Å². The first-order valence-electron chi connectivity index (χ1n) is 12.2. The minimum atomic E-state index is -0.296. The van der Waals surface area contributed by atoms with Crippen LogP contribution in [-0.4, -0.2) is 59.0 Å². The van der Waals surface area contributed by atoms with Gasteiger partial charge in [0.05, 0.1) is 18.7 Å². The molecule has 3 fully saturated rings. The normalized spacial score (nSPS) is 24.9. The number of ether oxygens (including phenoxy) is 3. The molecule has 35 heavy (non-hydrogen) atoms. The zero-order chi connectivity index (χ0) is 24.2. The Bertz CT molecular complexity index is 1260. The molecule has 1 aromatic carbocycles. The van der Waals surface area contributed by atoms with Crippen molar-refractivity contribution in [2.45, 2.75) is 44.8 Å². The quantitative estimate of drug-likeness (QED) is 0.490. The third-order valence-electron chi connectivity index (χ3n) is 7.35. The Morgan fingerprint density at radius 2 is 2.00 bits per heavy atom. The molecule has 2 aliphatic heterocycles. The van der Waals surface area contributed by atoms with Gasteiger partial charge in [0, 0.05) is 41.4 Å². The molecule has 1 amide bonds. The zero-order valence-electron chi connectivity index (χ0n) is 19.8. The van der Waals surface area contributed by atoms with Crippen LogP contribution >= 0.6 is 11.3 Å². The number of piperidine rings is 1. The fraction of sp³-hybridized carbons (Fsp3) is 0.500. The number of hydrogen-bond acceptors (Lipinski definition) is 7. The number of rotatable bonds is 5. The molecule has 9 heteroatoms. The molecule has 0 N–H and O–H groups in total. The molecule has 3 aliphatic rings. The van der Waals surface area contributed by atoms with Gasteiger partial charge in [0.2, 0.25) is 5.88 Å². The van der Waals surface area contributed by atoms with Crippen molar-refractivity contribution in [3.8, 4) is 17.0 Å². The summed E-state index contributed by atoms with van der Waals surface area (Å²) in [5.74, 6) is 0.285. The van der Waals surface area contributed by atoms with Crippen LogP contribution in [0.4, 0.5) is 9.18 Å². The summed E-state index contributed by atoms with van der Waals surface area (Å²) in [5.41, 5.74) is 2.62. The van der Waals surface area contributed by atoms with Gasteiger partial charge in [0.1, 0.15) is 28.5 Å². The number of likely N-dealkylation sites (tertiary alicyclic amines) is 1. The standard InChI is InChI=1S/C26H28FN3O4S/c1-3-15-4-5-18(20(27)8-15)19-13-35-23-21(19)28-14-29-24(23)33-22-16-9-30(10-17(22)12-32-11-16)25(31)34-26(2)6-7-26/h4-5,8,13-14,16-17,22H,3,6-7,9-12H2,1-2H3. The van der Waals surface area contributed by atoms with Gasteiger partial charge >= 0.3 is 6.09 Å². The molecule has 2 saturated heterocycles. The molecule has 1 aliphatic carbocycles. The molecule has 6 rings (SSSR count). The zero-order valence-corrected chi connectivity index (χ0v) is 20.6. The number of nitrogens with zero attached hydrogens (tertiary/aromatic N) is 3. The van der Waals surface area contributed by atoms with Crippen LogP contribution in [0.25, 0.3) is 21.3 Å². The van der Waals surface area contributed by atoms with Gasteiger partial charge < -0.3 is 19.1 Å². The van der Waals surface area contributed by atoms with E-state index in [0.717, 1.165) is 35.1 Å². The lowest BCUT2D eigenvalue weighted by Crippen LogP contribution is -2.59. The Kier molecular flexibility index (Phi) is 5.64. The Hall–Kier alpha value is -2.78. The van der Waals surface area contributed by atoms with Crippen molar-refractivity contribution in [1.29, 1.82) is 0 Å². The number of thiophene rings is 1. The molecule has 184 valence electrons. The maximum Gasteiger partial charge on any atom is 0.410 e. The predicted molar refractivity (Wildman–Crippen MR) is 130 cm³/mol. The van der Waals surface area contributed by atoms with Crippen LogP contribution in [0.15, 0.2) is 29.9 Å². The smallest absolute Gasteiger partial charge is 0.410 e. The van der Waals surface area contributed by atoms with Crippen molar-refractivity contribution in [3.05, 3.63) is 41.3 Å². The van der Waals surface area contributed by atoms with Crippen LogP contribution in [0.2, 0.25) is 0 Å². The second-order valence-electron chi connectivity index (χ2n) is 10.0. The first-order chi connectivity index (χ1) is 16.9. The molecule has 4 heterocycles. The Morgan fingerprint density at radius 1 is 1.23 bits per heavy atom.